The van der Waals surface area contributed by atoms with Crippen LogP contribution in [0.1, 0.15) is 20.3 Å². The van der Waals surface area contributed by atoms with E-state index in [1.807, 2.05) is 38.1 Å². The molecule has 0 aliphatic heterocycles. The van der Waals surface area contributed by atoms with Crippen LogP contribution in [-0.2, 0) is 16.1 Å². The lowest BCUT2D eigenvalue weighted by molar-refractivity contribution is -0.142. The van der Waals surface area contributed by atoms with Crippen molar-refractivity contribution in [3.8, 4) is 0 Å². The van der Waals surface area contributed by atoms with Crippen molar-refractivity contribution in [2.24, 2.45) is 5.92 Å². The molecule has 1 aromatic heterocycles. The topological polar surface area (TPSA) is 84.2 Å². The van der Waals surface area contributed by atoms with Gasteiger partial charge in [0.1, 0.15) is 12.6 Å². The molecule has 0 aliphatic carbocycles. The van der Waals surface area contributed by atoms with Crippen molar-refractivity contribution in [2.75, 3.05) is 0 Å². The maximum Gasteiger partial charge on any atom is 0.326 e. The Labute approximate surface area is 122 Å². The van der Waals surface area contributed by atoms with Crippen LogP contribution in [0.15, 0.2) is 30.5 Å². The Hall–Kier alpha value is -2.37. The number of carbonyl (C=O) groups is 2. The number of aromatic nitrogens is 2. The molecule has 2 aromatic rings. The Morgan fingerprint density at radius 1 is 1.33 bits per heavy atom. The number of benzene rings is 1. The molecule has 21 heavy (non-hydrogen) atoms. The number of rotatable bonds is 6. The van der Waals surface area contributed by atoms with Gasteiger partial charge in [-0.15, -0.1) is 0 Å². The zero-order chi connectivity index (χ0) is 15.4. The highest BCUT2D eigenvalue weighted by Crippen LogP contribution is 2.11. The molecular formula is C15H19N3O3. The van der Waals surface area contributed by atoms with Crippen LogP contribution in [0.25, 0.3) is 10.9 Å². The van der Waals surface area contributed by atoms with Gasteiger partial charge < -0.3 is 10.4 Å². The van der Waals surface area contributed by atoms with E-state index in [9.17, 15) is 9.59 Å². The Morgan fingerprint density at radius 3 is 2.67 bits per heavy atom. The van der Waals surface area contributed by atoms with Crippen LogP contribution >= 0.6 is 0 Å². The highest BCUT2D eigenvalue weighted by Gasteiger charge is 2.21. The van der Waals surface area contributed by atoms with Gasteiger partial charge in [0.15, 0.2) is 0 Å². The fourth-order valence-electron chi connectivity index (χ4n) is 2.18. The van der Waals surface area contributed by atoms with Crippen molar-refractivity contribution >= 4 is 22.8 Å². The Morgan fingerprint density at radius 2 is 2.05 bits per heavy atom. The monoisotopic (exact) mass is 289 g/mol. The molecule has 0 bridgehead atoms. The summed E-state index contributed by atoms with van der Waals surface area (Å²) in [6.45, 7) is 3.85. The third-order valence-corrected chi connectivity index (χ3v) is 3.11. The first-order chi connectivity index (χ1) is 9.95. The first kappa shape index (κ1) is 15.0. The fourth-order valence-corrected chi connectivity index (χ4v) is 2.18. The van der Waals surface area contributed by atoms with Gasteiger partial charge in [-0.3, -0.25) is 9.48 Å². The van der Waals surface area contributed by atoms with E-state index in [1.54, 1.807) is 6.20 Å². The van der Waals surface area contributed by atoms with Crippen molar-refractivity contribution < 1.29 is 14.7 Å². The minimum Gasteiger partial charge on any atom is -0.480 e. The predicted molar refractivity (Wildman–Crippen MR) is 78.8 cm³/mol. The average molecular weight is 289 g/mol. The molecule has 1 aromatic carbocycles. The van der Waals surface area contributed by atoms with Crippen LogP contribution in [0.3, 0.4) is 0 Å². The van der Waals surface area contributed by atoms with Gasteiger partial charge in [-0.25, -0.2) is 4.79 Å². The van der Waals surface area contributed by atoms with Crippen molar-refractivity contribution in [3.63, 3.8) is 0 Å². The lowest BCUT2D eigenvalue weighted by Gasteiger charge is -2.16. The number of fused-ring (bicyclic) bond motifs is 1. The van der Waals surface area contributed by atoms with Crippen molar-refractivity contribution in [1.82, 2.24) is 15.1 Å². The number of hydrogen-bond donors (Lipinski definition) is 2. The number of nitrogens with zero attached hydrogens (tertiary/aromatic N) is 2. The summed E-state index contributed by atoms with van der Waals surface area (Å²) in [5.41, 5.74) is 0.808. The maximum absolute atomic E-state index is 12.0. The van der Waals surface area contributed by atoms with E-state index in [2.05, 4.69) is 10.4 Å². The molecule has 6 heteroatoms. The molecule has 2 N–H and O–H groups in total. The van der Waals surface area contributed by atoms with E-state index < -0.39 is 12.0 Å². The van der Waals surface area contributed by atoms with E-state index in [4.69, 9.17) is 5.11 Å². The summed E-state index contributed by atoms with van der Waals surface area (Å²) in [4.78, 5) is 23.1. The molecule has 6 nitrogen and oxygen atoms in total. The van der Waals surface area contributed by atoms with Gasteiger partial charge in [0.05, 0.1) is 5.52 Å². The Bertz CT molecular complexity index is 615. The molecule has 0 radical (unpaired) electrons. The summed E-state index contributed by atoms with van der Waals surface area (Å²) in [6.07, 6.45) is 2.18. The fraction of sp³-hybridized carbons (Fsp3) is 0.400. The van der Waals surface area contributed by atoms with Gasteiger partial charge in [0.2, 0.25) is 5.91 Å². The number of nitrogens with one attached hydrogen (secondary N) is 1. The Balaban J connectivity index is 2.01. The third kappa shape index (κ3) is 4.05. The second-order valence-corrected chi connectivity index (χ2v) is 5.47. The van der Waals surface area contributed by atoms with Crippen molar-refractivity contribution in [1.29, 1.82) is 0 Å². The molecule has 2 rings (SSSR count). The SMILES string of the molecule is CC(C)C[C@H](NC(=O)Cn1cc2ccccc2n1)C(=O)O. The maximum atomic E-state index is 12.0. The smallest absolute Gasteiger partial charge is 0.326 e. The van der Waals surface area contributed by atoms with E-state index in [1.165, 1.54) is 4.68 Å². The summed E-state index contributed by atoms with van der Waals surface area (Å²) in [5, 5.41) is 16.9. The summed E-state index contributed by atoms with van der Waals surface area (Å²) in [6, 6.07) is 6.70. The highest BCUT2D eigenvalue weighted by molar-refractivity contribution is 5.84. The van der Waals surface area contributed by atoms with Gasteiger partial charge in [0.25, 0.3) is 0 Å². The lowest BCUT2D eigenvalue weighted by atomic mass is 10.0. The van der Waals surface area contributed by atoms with E-state index in [0.717, 1.165) is 10.9 Å². The summed E-state index contributed by atoms with van der Waals surface area (Å²) in [5.74, 6) is -1.17. The number of amides is 1. The molecule has 1 atom stereocenters. The van der Waals surface area contributed by atoms with Crippen LogP contribution in [0.4, 0.5) is 0 Å². The zero-order valence-corrected chi connectivity index (χ0v) is 12.1. The third-order valence-electron chi connectivity index (χ3n) is 3.11. The summed E-state index contributed by atoms with van der Waals surface area (Å²) >= 11 is 0. The van der Waals surface area contributed by atoms with Gasteiger partial charge in [-0.05, 0) is 18.4 Å². The lowest BCUT2D eigenvalue weighted by Crippen LogP contribution is -2.43. The van der Waals surface area contributed by atoms with Crippen LogP contribution < -0.4 is 5.32 Å². The molecule has 1 amide bonds. The Kier molecular flexibility index (Phi) is 4.57. The average Bonchev–Trinajstić information content (AvgIpc) is 2.79. The minimum absolute atomic E-state index is 0.0105. The molecule has 112 valence electrons. The van der Waals surface area contributed by atoms with Gasteiger partial charge >= 0.3 is 5.97 Å². The van der Waals surface area contributed by atoms with Crippen LogP contribution in [0.5, 0.6) is 0 Å². The summed E-state index contributed by atoms with van der Waals surface area (Å²) < 4.78 is 1.52. The van der Waals surface area contributed by atoms with Crippen LogP contribution in [0.2, 0.25) is 0 Å². The standard InChI is InChI=1S/C15H19N3O3/c1-10(2)7-13(15(20)21)16-14(19)9-18-8-11-5-3-4-6-12(11)17-18/h3-6,8,10,13H,7,9H2,1-2H3,(H,16,19)(H,20,21)/t13-/m0/s1. The number of carbonyl (C=O) groups excluding carboxylic acids is 1. The number of aliphatic carboxylic acids is 1. The van der Waals surface area contributed by atoms with Gasteiger partial charge in [-0.2, -0.15) is 5.10 Å². The molecule has 0 fully saturated rings. The molecule has 0 saturated heterocycles. The number of carboxylic acid groups (broad SMARTS) is 1. The molecule has 0 aliphatic rings. The molecular weight excluding hydrogens is 270 g/mol. The van der Waals surface area contributed by atoms with E-state index >= 15 is 0 Å². The number of carboxylic acids is 1. The first-order valence-electron chi connectivity index (χ1n) is 6.90. The highest BCUT2D eigenvalue weighted by atomic mass is 16.4. The van der Waals surface area contributed by atoms with Crippen LogP contribution in [0, 0.1) is 5.92 Å². The molecule has 0 spiro atoms. The summed E-state index contributed by atoms with van der Waals surface area (Å²) in [7, 11) is 0. The second-order valence-electron chi connectivity index (χ2n) is 5.47. The largest absolute Gasteiger partial charge is 0.480 e. The van der Waals surface area contributed by atoms with E-state index in [0.29, 0.717) is 6.42 Å². The second kappa shape index (κ2) is 6.39. The molecule has 1 heterocycles. The number of hydrogen-bond acceptors (Lipinski definition) is 3. The zero-order valence-electron chi connectivity index (χ0n) is 12.1. The van der Waals surface area contributed by atoms with Gasteiger partial charge in [-0.1, -0.05) is 32.0 Å². The van der Waals surface area contributed by atoms with E-state index in [-0.39, 0.29) is 18.4 Å². The minimum atomic E-state index is -1.01. The quantitative estimate of drug-likeness (QED) is 0.847. The first-order valence-corrected chi connectivity index (χ1v) is 6.90. The molecule has 0 saturated carbocycles. The van der Waals surface area contributed by atoms with Gasteiger partial charge in [0, 0.05) is 11.6 Å². The van der Waals surface area contributed by atoms with Crippen LogP contribution in [-0.4, -0.2) is 32.8 Å². The normalized spacial score (nSPS) is 12.5. The van der Waals surface area contributed by atoms with Crippen molar-refractivity contribution in [3.05, 3.63) is 30.5 Å². The predicted octanol–water partition coefficient (Wildman–Crippen LogP) is 1.65. The molecule has 0 unspecified atom stereocenters. The van der Waals surface area contributed by atoms with Crippen molar-refractivity contribution in [2.45, 2.75) is 32.9 Å².